The third-order valence-electron chi connectivity index (χ3n) is 5.89. The van der Waals surface area contributed by atoms with Crippen LogP contribution in [0.1, 0.15) is 11.4 Å². The molecular formula is C27H34N8. The first-order valence-electron chi connectivity index (χ1n) is 11.9. The van der Waals surface area contributed by atoms with Crippen LogP contribution in [-0.2, 0) is 13.1 Å². The van der Waals surface area contributed by atoms with Crippen molar-refractivity contribution >= 4 is 28.5 Å². The summed E-state index contributed by atoms with van der Waals surface area (Å²) in [5.41, 5.74) is 3.49. The maximum Gasteiger partial charge on any atom is 0.126 e. The van der Waals surface area contributed by atoms with Gasteiger partial charge < -0.3 is 25.4 Å². The van der Waals surface area contributed by atoms with Crippen LogP contribution in [0.4, 0.5) is 11.6 Å². The number of aromatic nitrogens is 4. The molecule has 0 unspecified atom stereocenters. The maximum atomic E-state index is 4.52. The fourth-order valence-corrected chi connectivity index (χ4v) is 3.94. The normalized spacial score (nSPS) is 12.6. The van der Waals surface area contributed by atoms with E-state index >= 15 is 0 Å². The van der Waals surface area contributed by atoms with E-state index in [-0.39, 0.29) is 0 Å². The number of hydrogen-bond acceptors (Lipinski definition) is 7. The highest BCUT2D eigenvalue weighted by molar-refractivity contribution is 5.88. The molecule has 8 heteroatoms. The van der Waals surface area contributed by atoms with Crippen molar-refractivity contribution in [2.45, 2.75) is 13.1 Å². The lowest BCUT2D eigenvalue weighted by Crippen LogP contribution is -2.28. The summed E-state index contributed by atoms with van der Waals surface area (Å²) < 4.78 is 2.30. The van der Waals surface area contributed by atoms with E-state index in [4.69, 9.17) is 0 Å². The van der Waals surface area contributed by atoms with E-state index in [1.165, 1.54) is 16.6 Å². The third kappa shape index (κ3) is 6.23. The summed E-state index contributed by atoms with van der Waals surface area (Å²) in [6, 6.07) is 12.5. The highest BCUT2D eigenvalue weighted by atomic mass is 15.2. The molecule has 1 aliphatic rings. The Labute approximate surface area is 207 Å². The topological polar surface area (TPSA) is 82.9 Å². The van der Waals surface area contributed by atoms with E-state index in [1.54, 1.807) is 6.20 Å². The Balaban J connectivity index is 0.000000181. The van der Waals surface area contributed by atoms with Crippen molar-refractivity contribution in [3.8, 4) is 11.3 Å². The number of hydrogen-bond donors (Lipinski definition) is 3. The number of nitrogens with one attached hydrogen (secondary N) is 3. The molecule has 0 saturated carbocycles. The van der Waals surface area contributed by atoms with Crippen LogP contribution < -0.4 is 16.0 Å². The molecule has 182 valence electrons. The molecule has 4 heterocycles. The van der Waals surface area contributed by atoms with Gasteiger partial charge in [-0.3, -0.25) is 0 Å². The summed E-state index contributed by atoms with van der Waals surface area (Å²) in [6.07, 6.45) is 7.48. The van der Waals surface area contributed by atoms with E-state index in [0.717, 1.165) is 61.1 Å². The second-order valence-corrected chi connectivity index (χ2v) is 8.68. The van der Waals surface area contributed by atoms with Crippen LogP contribution in [0.2, 0.25) is 0 Å². The van der Waals surface area contributed by atoms with E-state index in [2.05, 4.69) is 85.3 Å². The van der Waals surface area contributed by atoms with E-state index in [9.17, 15) is 0 Å². The first kappa shape index (κ1) is 24.4. The van der Waals surface area contributed by atoms with Gasteiger partial charge in [0.05, 0.1) is 18.4 Å². The molecule has 0 radical (unpaired) electrons. The summed E-state index contributed by atoms with van der Waals surface area (Å²) in [6.45, 7) is 8.44. The summed E-state index contributed by atoms with van der Waals surface area (Å²) in [4.78, 5) is 15.2. The molecular weight excluding hydrogens is 436 g/mol. The summed E-state index contributed by atoms with van der Waals surface area (Å²) >= 11 is 0. The molecule has 0 aliphatic carbocycles. The Morgan fingerprint density at radius 3 is 2.74 bits per heavy atom. The number of imidazole rings is 1. The smallest absolute Gasteiger partial charge is 0.126 e. The van der Waals surface area contributed by atoms with Gasteiger partial charge in [0.2, 0.25) is 0 Å². The van der Waals surface area contributed by atoms with E-state index in [0.29, 0.717) is 0 Å². The van der Waals surface area contributed by atoms with Gasteiger partial charge in [0.25, 0.3) is 0 Å². The van der Waals surface area contributed by atoms with Gasteiger partial charge in [-0.1, -0.05) is 24.8 Å². The van der Waals surface area contributed by atoms with Crippen LogP contribution in [0.3, 0.4) is 0 Å². The third-order valence-corrected chi connectivity index (χ3v) is 5.89. The Morgan fingerprint density at radius 2 is 1.94 bits per heavy atom. The number of nitrogens with zero attached hydrogens (tertiary/aromatic N) is 5. The van der Waals surface area contributed by atoms with Crippen molar-refractivity contribution in [3.63, 3.8) is 0 Å². The molecule has 35 heavy (non-hydrogen) atoms. The standard InChI is InChI=1S/C16H17N5.C11H17N3/c1-17-15-7-13-6-11(2-3-12(13)8-19-15)14-9-20-16-10-18-4-5-21(14)16;1-4-10-5-6-12-11(9-10)13-7-8-14(2)3/h2-3,6-9,18H,4-5,10H2,1H3,(H,17,19);4-6,9H,1,7-8H2,2-3H3,(H,12,13). The molecule has 3 N–H and O–H groups in total. The Morgan fingerprint density at radius 1 is 1.06 bits per heavy atom. The fourth-order valence-electron chi connectivity index (χ4n) is 3.94. The van der Waals surface area contributed by atoms with Crippen molar-refractivity contribution in [2.24, 2.45) is 0 Å². The zero-order valence-corrected chi connectivity index (χ0v) is 20.8. The molecule has 0 fully saturated rings. The second kappa shape index (κ2) is 11.6. The molecule has 0 amide bonds. The van der Waals surface area contributed by atoms with Crippen molar-refractivity contribution in [2.75, 3.05) is 51.4 Å². The van der Waals surface area contributed by atoms with Gasteiger partial charge in [0, 0.05) is 56.6 Å². The maximum absolute atomic E-state index is 4.52. The highest BCUT2D eigenvalue weighted by Gasteiger charge is 2.15. The van der Waals surface area contributed by atoms with Gasteiger partial charge in [-0.05, 0) is 49.3 Å². The van der Waals surface area contributed by atoms with Crippen molar-refractivity contribution in [1.29, 1.82) is 0 Å². The summed E-state index contributed by atoms with van der Waals surface area (Å²) in [5.74, 6) is 2.91. The monoisotopic (exact) mass is 470 g/mol. The highest BCUT2D eigenvalue weighted by Crippen LogP contribution is 2.27. The second-order valence-electron chi connectivity index (χ2n) is 8.68. The SMILES string of the molecule is C=Cc1ccnc(NCCN(C)C)c1.CNc1cc2cc(-c3cnc4n3CCNC4)ccc2cn1. The van der Waals surface area contributed by atoms with Crippen molar-refractivity contribution in [3.05, 3.63) is 73.0 Å². The zero-order valence-electron chi connectivity index (χ0n) is 20.8. The zero-order chi connectivity index (χ0) is 24.6. The van der Waals surface area contributed by atoms with Gasteiger partial charge in [-0.15, -0.1) is 0 Å². The number of fused-ring (bicyclic) bond motifs is 2. The van der Waals surface area contributed by atoms with Crippen LogP contribution >= 0.6 is 0 Å². The van der Waals surface area contributed by atoms with Crippen LogP contribution in [0, 0.1) is 0 Å². The fraction of sp³-hybridized carbons (Fsp3) is 0.296. The first-order chi connectivity index (χ1) is 17.1. The summed E-state index contributed by atoms with van der Waals surface area (Å²) in [5, 5.41) is 12.0. The van der Waals surface area contributed by atoms with Gasteiger partial charge in [-0.2, -0.15) is 0 Å². The molecule has 8 nitrogen and oxygen atoms in total. The lowest BCUT2D eigenvalue weighted by molar-refractivity contribution is 0.425. The molecule has 0 saturated heterocycles. The Hall–Kier alpha value is -3.75. The number of benzene rings is 1. The average molecular weight is 471 g/mol. The van der Waals surface area contributed by atoms with Crippen molar-refractivity contribution < 1.29 is 0 Å². The van der Waals surface area contributed by atoms with E-state index in [1.807, 2.05) is 37.7 Å². The summed E-state index contributed by atoms with van der Waals surface area (Å²) in [7, 11) is 5.99. The minimum atomic E-state index is 0.849. The molecule has 3 aromatic heterocycles. The molecule has 0 atom stereocenters. The number of pyridine rings is 2. The van der Waals surface area contributed by atoms with Gasteiger partial charge in [0.15, 0.2) is 0 Å². The number of anilines is 2. The lowest BCUT2D eigenvalue weighted by Gasteiger charge is -2.17. The molecule has 1 aliphatic heterocycles. The minimum absolute atomic E-state index is 0.849. The molecule has 0 spiro atoms. The molecule has 4 aromatic rings. The quantitative estimate of drug-likeness (QED) is 0.377. The van der Waals surface area contributed by atoms with Crippen LogP contribution in [0.15, 0.2) is 61.6 Å². The molecule has 0 bridgehead atoms. The lowest BCUT2D eigenvalue weighted by atomic mass is 10.1. The predicted molar refractivity (Wildman–Crippen MR) is 146 cm³/mol. The van der Waals surface area contributed by atoms with Crippen LogP contribution in [-0.4, -0.2) is 65.2 Å². The van der Waals surface area contributed by atoms with Gasteiger partial charge in [-0.25, -0.2) is 15.0 Å². The average Bonchev–Trinajstić information content (AvgIpc) is 3.32. The van der Waals surface area contributed by atoms with Crippen molar-refractivity contribution in [1.82, 2.24) is 29.7 Å². The van der Waals surface area contributed by atoms with Gasteiger partial charge >= 0.3 is 0 Å². The Bertz CT molecular complexity index is 1280. The van der Waals surface area contributed by atoms with Crippen LogP contribution in [0.25, 0.3) is 28.1 Å². The predicted octanol–water partition coefficient (Wildman–Crippen LogP) is 3.94. The van der Waals surface area contributed by atoms with E-state index < -0.39 is 0 Å². The Kier molecular flexibility index (Phi) is 8.07. The molecule has 5 rings (SSSR count). The van der Waals surface area contributed by atoms with Gasteiger partial charge in [0.1, 0.15) is 17.5 Å². The minimum Gasteiger partial charge on any atom is -0.373 e. The van der Waals surface area contributed by atoms with Crippen LogP contribution in [0.5, 0.6) is 0 Å². The number of likely N-dealkylation sites (N-methyl/N-ethyl adjacent to an activating group) is 1. The molecule has 1 aromatic carbocycles. The first-order valence-corrected chi connectivity index (χ1v) is 11.9. The number of rotatable bonds is 7. The largest absolute Gasteiger partial charge is 0.373 e.